The molecule has 0 aromatic carbocycles. The smallest absolute Gasteiger partial charge is 0.312 e. The van der Waals surface area contributed by atoms with Crippen molar-refractivity contribution in [3.8, 4) is 0 Å². The van der Waals surface area contributed by atoms with Crippen LogP contribution < -0.4 is 5.32 Å². The first-order valence-electron chi connectivity index (χ1n) is 6.08. The molecule has 0 spiro atoms. The van der Waals surface area contributed by atoms with Gasteiger partial charge in [0.05, 0.1) is 4.92 Å². The second kappa shape index (κ2) is 5.14. The summed E-state index contributed by atoms with van der Waals surface area (Å²) in [5.41, 5.74) is 1.56. The molecule has 5 heteroatoms. The molecule has 1 aliphatic rings. The fourth-order valence-corrected chi connectivity index (χ4v) is 2.97. The maximum Gasteiger partial charge on any atom is 0.324 e. The number of hydrogen-bond acceptors (Lipinski definition) is 4. The summed E-state index contributed by atoms with van der Waals surface area (Å²) in [5, 5.41) is 16.1. The lowest BCUT2D eigenvalue weighted by Gasteiger charge is -2.14. The molecule has 0 aliphatic heterocycles. The van der Waals surface area contributed by atoms with Crippen LogP contribution in [0.4, 0.5) is 5.00 Å². The minimum absolute atomic E-state index is 0.233. The zero-order chi connectivity index (χ0) is 12.3. The Kier molecular flexibility index (Phi) is 3.79. The van der Waals surface area contributed by atoms with Crippen molar-refractivity contribution < 1.29 is 4.92 Å². The van der Waals surface area contributed by atoms with Crippen molar-refractivity contribution in [2.45, 2.75) is 39.2 Å². The lowest BCUT2D eigenvalue weighted by molar-refractivity contribution is -0.380. The number of nitrogens with zero attached hydrogens (tertiary/aromatic N) is 1. The van der Waals surface area contributed by atoms with Crippen LogP contribution >= 0.6 is 11.3 Å². The predicted molar refractivity (Wildman–Crippen MR) is 69.3 cm³/mol. The number of rotatable bonds is 7. The first-order valence-corrected chi connectivity index (χ1v) is 6.96. The molecule has 1 heterocycles. The molecule has 1 fully saturated rings. The SMILES string of the molecule is CCCC1(CNCc2csc([N+](=O)[O-])c2)CC1. The van der Waals surface area contributed by atoms with E-state index in [9.17, 15) is 10.1 Å². The van der Waals surface area contributed by atoms with E-state index >= 15 is 0 Å². The van der Waals surface area contributed by atoms with Gasteiger partial charge >= 0.3 is 5.00 Å². The summed E-state index contributed by atoms with van der Waals surface area (Å²) in [5.74, 6) is 0. The molecule has 1 aromatic rings. The Balaban J connectivity index is 1.76. The molecule has 94 valence electrons. The van der Waals surface area contributed by atoms with E-state index in [1.54, 1.807) is 6.07 Å². The zero-order valence-corrected chi connectivity index (χ0v) is 10.9. The average molecular weight is 254 g/mol. The summed E-state index contributed by atoms with van der Waals surface area (Å²) in [6.45, 7) is 4.02. The molecule has 0 radical (unpaired) electrons. The molecule has 0 saturated heterocycles. The van der Waals surface area contributed by atoms with E-state index in [1.165, 1.54) is 37.0 Å². The zero-order valence-electron chi connectivity index (χ0n) is 10.1. The quantitative estimate of drug-likeness (QED) is 0.600. The van der Waals surface area contributed by atoms with Gasteiger partial charge in [-0.2, -0.15) is 0 Å². The van der Waals surface area contributed by atoms with Crippen molar-refractivity contribution in [1.29, 1.82) is 0 Å². The van der Waals surface area contributed by atoms with Crippen molar-refractivity contribution in [2.24, 2.45) is 5.41 Å². The van der Waals surface area contributed by atoms with Gasteiger partial charge in [-0.05, 0) is 30.2 Å². The largest absolute Gasteiger partial charge is 0.324 e. The van der Waals surface area contributed by atoms with Crippen LogP contribution in [0, 0.1) is 15.5 Å². The third-order valence-electron chi connectivity index (χ3n) is 3.39. The van der Waals surface area contributed by atoms with Crippen LogP contribution in [0.25, 0.3) is 0 Å². The second-order valence-corrected chi connectivity index (χ2v) is 5.79. The minimum atomic E-state index is -0.326. The van der Waals surface area contributed by atoms with Crippen LogP contribution in [-0.2, 0) is 6.54 Å². The van der Waals surface area contributed by atoms with Gasteiger partial charge in [-0.1, -0.05) is 24.7 Å². The van der Waals surface area contributed by atoms with Crippen LogP contribution in [-0.4, -0.2) is 11.5 Å². The summed E-state index contributed by atoms with van der Waals surface area (Å²) >= 11 is 1.20. The highest BCUT2D eigenvalue weighted by Gasteiger charge is 2.40. The van der Waals surface area contributed by atoms with Crippen molar-refractivity contribution in [1.82, 2.24) is 5.32 Å². The van der Waals surface area contributed by atoms with E-state index in [1.807, 2.05) is 5.38 Å². The topological polar surface area (TPSA) is 55.2 Å². The maximum atomic E-state index is 10.5. The highest BCUT2D eigenvalue weighted by atomic mass is 32.1. The Morgan fingerprint density at radius 1 is 1.59 bits per heavy atom. The predicted octanol–water partition coefficient (Wildman–Crippen LogP) is 3.33. The number of thiophene rings is 1. The molecular formula is C12H18N2O2S. The standard InChI is InChI=1S/C12H18N2O2S/c1-2-3-12(4-5-12)9-13-7-10-6-11(14(15)16)17-8-10/h6,8,13H,2-5,7,9H2,1H3. The summed E-state index contributed by atoms with van der Waals surface area (Å²) in [6, 6.07) is 1.66. The maximum absolute atomic E-state index is 10.5. The number of nitro groups is 1. The summed E-state index contributed by atoms with van der Waals surface area (Å²) in [7, 11) is 0. The third kappa shape index (κ3) is 3.26. The Bertz CT molecular complexity index is 399. The molecule has 1 N–H and O–H groups in total. The van der Waals surface area contributed by atoms with E-state index in [4.69, 9.17) is 0 Å². The lowest BCUT2D eigenvalue weighted by atomic mass is 10.0. The number of hydrogen-bond donors (Lipinski definition) is 1. The Morgan fingerprint density at radius 2 is 2.35 bits per heavy atom. The normalized spacial score (nSPS) is 17.0. The highest BCUT2D eigenvalue weighted by Crippen LogP contribution is 2.48. The van der Waals surface area contributed by atoms with Crippen LogP contribution in [0.1, 0.15) is 38.2 Å². The summed E-state index contributed by atoms with van der Waals surface area (Å²) in [4.78, 5) is 10.2. The molecule has 0 bridgehead atoms. The molecule has 1 aliphatic carbocycles. The second-order valence-electron chi connectivity index (χ2n) is 4.90. The van der Waals surface area contributed by atoms with Crippen LogP contribution in [0.3, 0.4) is 0 Å². The summed E-state index contributed by atoms with van der Waals surface area (Å²) < 4.78 is 0. The van der Waals surface area contributed by atoms with Gasteiger partial charge in [0.25, 0.3) is 0 Å². The van der Waals surface area contributed by atoms with Gasteiger partial charge < -0.3 is 5.32 Å². The minimum Gasteiger partial charge on any atom is -0.312 e. The van der Waals surface area contributed by atoms with E-state index in [0.29, 0.717) is 5.41 Å². The van der Waals surface area contributed by atoms with Gasteiger partial charge in [0.1, 0.15) is 0 Å². The fourth-order valence-electron chi connectivity index (χ4n) is 2.25. The van der Waals surface area contributed by atoms with Gasteiger partial charge in [-0.15, -0.1) is 0 Å². The highest BCUT2D eigenvalue weighted by molar-refractivity contribution is 7.13. The van der Waals surface area contributed by atoms with E-state index in [-0.39, 0.29) is 9.92 Å². The van der Waals surface area contributed by atoms with Crippen LogP contribution in [0.5, 0.6) is 0 Å². The van der Waals surface area contributed by atoms with E-state index < -0.39 is 0 Å². The van der Waals surface area contributed by atoms with E-state index in [0.717, 1.165) is 18.7 Å². The Hall–Kier alpha value is -0.940. The molecule has 0 atom stereocenters. The van der Waals surface area contributed by atoms with Crippen molar-refractivity contribution in [3.63, 3.8) is 0 Å². The molecular weight excluding hydrogens is 236 g/mol. The summed E-state index contributed by atoms with van der Waals surface area (Å²) in [6.07, 6.45) is 5.20. The van der Waals surface area contributed by atoms with Crippen molar-refractivity contribution in [3.05, 3.63) is 27.1 Å². The van der Waals surface area contributed by atoms with Gasteiger partial charge in [0.2, 0.25) is 0 Å². The van der Waals surface area contributed by atoms with Gasteiger partial charge in [0, 0.05) is 24.5 Å². The fraction of sp³-hybridized carbons (Fsp3) is 0.667. The molecule has 4 nitrogen and oxygen atoms in total. The van der Waals surface area contributed by atoms with Gasteiger partial charge in [0.15, 0.2) is 0 Å². The van der Waals surface area contributed by atoms with Crippen LogP contribution in [0.2, 0.25) is 0 Å². The molecule has 17 heavy (non-hydrogen) atoms. The molecule has 1 saturated carbocycles. The van der Waals surface area contributed by atoms with E-state index in [2.05, 4.69) is 12.2 Å². The molecule has 0 amide bonds. The first kappa shape index (κ1) is 12.5. The molecule has 1 aromatic heterocycles. The Morgan fingerprint density at radius 3 is 2.88 bits per heavy atom. The lowest BCUT2D eigenvalue weighted by Crippen LogP contribution is -2.23. The van der Waals surface area contributed by atoms with Crippen LogP contribution in [0.15, 0.2) is 11.4 Å². The van der Waals surface area contributed by atoms with Crippen molar-refractivity contribution in [2.75, 3.05) is 6.54 Å². The number of nitrogens with one attached hydrogen (secondary N) is 1. The molecule has 2 rings (SSSR count). The Labute approximate surface area is 105 Å². The van der Waals surface area contributed by atoms with Gasteiger partial charge in [-0.3, -0.25) is 10.1 Å². The third-order valence-corrected chi connectivity index (χ3v) is 4.32. The first-order chi connectivity index (χ1) is 8.15. The molecule has 0 unspecified atom stereocenters. The van der Waals surface area contributed by atoms with Gasteiger partial charge in [-0.25, -0.2) is 0 Å². The van der Waals surface area contributed by atoms with Crippen molar-refractivity contribution >= 4 is 16.3 Å². The average Bonchev–Trinajstić information content (AvgIpc) is 2.88. The monoisotopic (exact) mass is 254 g/mol.